The maximum absolute atomic E-state index is 13.0. The van der Waals surface area contributed by atoms with Crippen LogP contribution in [0.4, 0.5) is 10.1 Å². The second-order valence-electron chi connectivity index (χ2n) is 6.04. The SMILES string of the molecule is C[C@@H](NC1CCCCCCC1)C(=O)Nc1ccc(F)cc1Cl. The number of carbonyl (C=O) groups is 1. The minimum Gasteiger partial charge on any atom is -0.323 e. The van der Waals surface area contributed by atoms with E-state index in [-0.39, 0.29) is 17.0 Å². The van der Waals surface area contributed by atoms with Gasteiger partial charge in [0.15, 0.2) is 0 Å². The lowest BCUT2D eigenvalue weighted by Crippen LogP contribution is -2.44. The molecule has 1 aromatic carbocycles. The molecule has 2 N–H and O–H groups in total. The van der Waals surface area contributed by atoms with Gasteiger partial charge in [0.2, 0.25) is 5.91 Å². The third-order valence-electron chi connectivity index (χ3n) is 4.17. The van der Waals surface area contributed by atoms with Crippen LogP contribution in [0.25, 0.3) is 0 Å². The van der Waals surface area contributed by atoms with E-state index in [4.69, 9.17) is 11.6 Å². The molecule has 0 bridgehead atoms. The molecule has 0 aromatic heterocycles. The number of amides is 1. The molecule has 22 heavy (non-hydrogen) atoms. The van der Waals surface area contributed by atoms with Gasteiger partial charge < -0.3 is 10.6 Å². The van der Waals surface area contributed by atoms with Gasteiger partial charge in [-0.05, 0) is 38.0 Å². The van der Waals surface area contributed by atoms with Gasteiger partial charge in [-0.1, -0.05) is 43.7 Å². The normalized spacial score (nSPS) is 18.3. The quantitative estimate of drug-likeness (QED) is 0.854. The van der Waals surface area contributed by atoms with Gasteiger partial charge in [-0.25, -0.2) is 4.39 Å². The summed E-state index contributed by atoms with van der Waals surface area (Å²) in [4.78, 5) is 12.3. The Labute approximate surface area is 136 Å². The van der Waals surface area contributed by atoms with E-state index in [9.17, 15) is 9.18 Å². The van der Waals surface area contributed by atoms with E-state index >= 15 is 0 Å². The minimum atomic E-state index is -0.413. The van der Waals surface area contributed by atoms with E-state index in [1.54, 1.807) is 0 Å². The Morgan fingerprint density at radius 1 is 1.23 bits per heavy atom. The Morgan fingerprint density at radius 3 is 2.50 bits per heavy atom. The fourth-order valence-electron chi connectivity index (χ4n) is 2.88. The first kappa shape index (κ1) is 17.2. The second-order valence-corrected chi connectivity index (χ2v) is 6.45. The summed E-state index contributed by atoms with van der Waals surface area (Å²) in [6.07, 6.45) is 8.56. The van der Waals surface area contributed by atoms with Crippen molar-refractivity contribution < 1.29 is 9.18 Å². The summed E-state index contributed by atoms with van der Waals surface area (Å²) < 4.78 is 13.0. The molecule has 0 spiro atoms. The summed E-state index contributed by atoms with van der Waals surface area (Å²) in [5.41, 5.74) is 0.444. The van der Waals surface area contributed by atoms with Crippen molar-refractivity contribution in [3.05, 3.63) is 29.0 Å². The summed E-state index contributed by atoms with van der Waals surface area (Å²) in [5.74, 6) is -0.556. The molecule has 1 fully saturated rings. The highest BCUT2D eigenvalue weighted by atomic mass is 35.5. The molecule has 0 heterocycles. The molecule has 0 aliphatic heterocycles. The summed E-state index contributed by atoms with van der Waals surface area (Å²) in [7, 11) is 0. The Morgan fingerprint density at radius 2 is 1.86 bits per heavy atom. The maximum Gasteiger partial charge on any atom is 0.241 e. The number of hydrogen-bond donors (Lipinski definition) is 2. The zero-order chi connectivity index (χ0) is 15.9. The molecule has 1 amide bonds. The molecule has 122 valence electrons. The van der Waals surface area contributed by atoms with Gasteiger partial charge in [0, 0.05) is 6.04 Å². The fraction of sp³-hybridized carbons (Fsp3) is 0.588. The Kier molecular flexibility index (Phi) is 6.65. The first-order chi connectivity index (χ1) is 10.6. The van der Waals surface area contributed by atoms with E-state index in [1.807, 2.05) is 6.92 Å². The van der Waals surface area contributed by atoms with Gasteiger partial charge in [-0.15, -0.1) is 0 Å². The minimum absolute atomic E-state index is 0.143. The van der Waals surface area contributed by atoms with Gasteiger partial charge in [0.25, 0.3) is 0 Å². The molecule has 1 saturated carbocycles. The van der Waals surface area contributed by atoms with Crippen LogP contribution < -0.4 is 10.6 Å². The Hall–Kier alpha value is -1.13. The highest BCUT2D eigenvalue weighted by Gasteiger charge is 2.19. The average Bonchev–Trinajstić information content (AvgIpc) is 2.44. The standard InChI is InChI=1S/C17H24ClFN2O/c1-12(20-14-7-5-3-2-4-6-8-14)17(22)21-16-10-9-13(19)11-15(16)18/h9-12,14,20H,2-8H2,1H3,(H,21,22)/t12-/m1/s1. The van der Waals surface area contributed by atoms with Crippen molar-refractivity contribution >= 4 is 23.2 Å². The molecule has 1 aromatic rings. The van der Waals surface area contributed by atoms with Gasteiger partial charge in [0.1, 0.15) is 5.82 Å². The number of benzene rings is 1. The lowest BCUT2D eigenvalue weighted by Gasteiger charge is -2.24. The molecule has 3 nitrogen and oxygen atoms in total. The van der Waals surface area contributed by atoms with Crippen LogP contribution in [0.1, 0.15) is 51.9 Å². The molecule has 1 aliphatic carbocycles. The monoisotopic (exact) mass is 326 g/mol. The van der Waals surface area contributed by atoms with Gasteiger partial charge in [0.05, 0.1) is 16.8 Å². The number of hydrogen-bond acceptors (Lipinski definition) is 2. The first-order valence-electron chi connectivity index (χ1n) is 8.08. The molecular weight excluding hydrogens is 303 g/mol. The number of carbonyl (C=O) groups excluding carboxylic acids is 1. The largest absolute Gasteiger partial charge is 0.323 e. The predicted molar refractivity (Wildman–Crippen MR) is 88.7 cm³/mol. The first-order valence-corrected chi connectivity index (χ1v) is 8.46. The van der Waals surface area contributed by atoms with Gasteiger partial charge >= 0.3 is 0 Å². The molecule has 5 heteroatoms. The van der Waals surface area contributed by atoms with Gasteiger partial charge in [-0.2, -0.15) is 0 Å². The Balaban J connectivity index is 1.88. The van der Waals surface area contributed by atoms with E-state index in [2.05, 4.69) is 10.6 Å². The van der Waals surface area contributed by atoms with Gasteiger partial charge in [-0.3, -0.25) is 4.79 Å². The zero-order valence-electron chi connectivity index (χ0n) is 13.0. The van der Waals surface area contributed by atoms with Crippen molar-refractivity contribution in [2.24, 2.45) is 0 Å². The van der Waals surface area contributed by atoms with E-state index in [0.717, 1.165) is 12.8 Å². The topological polar surface area (TPSA) is 41.1 Å². The summed E-state index contributed by atoms with van der Waals surface area (Å²) in [6, 6.07) is 4.06. The molecule has 0 saturated heterocycles. The van der Waals surface area contributed by atoms with E-state index in [0.29, 0.717) is 11.7 Å². The molecule has 0 radical (unpaired) electrons. The van der Waals surface area contributed by atoms with Crippen molar-refractivity contribution in [2.75, 3.05) is 5.32 Å². The number of anilines is 1. The maximum atomic E-state index is 13.0. The molecular formula is C17H24ClFN2O. The summed E-state index contributed by atoms with van der Waals surface area (Å²) in [5, 5.41) is 6.38. The van der Waals surface area contributed by atoms with Crippen LogP contribution in [0.5, 0.6) is 0 Å². The summed E-state index contributed by atoms with van der Waals surface area (Å²) in [6.45, 7) is 1.85. The van der Waals surface area contributed by atoms with Crippen LogP contribution in [0.3, 0.4) is 0 Å². The van der Waals surface area contributed by atoms with E-state index in [1.165, 1.54) is 50.3 Å². The molecule has 2 rings (SSSR count). The van der Waals surface area contributed by atoms with Crippen molar-refractivity contribution in [1.82, 2.24) is 5.32 Å². The van der Waals surface area contributed by atoms with Crippen LogP contribution in [0.2, 0.25) is 5.02 Å². The second kappa shape index (κ2) is 8.49. The fourth-order valence-corrected chi connectivity index (χ4v) is 3.10. The van der Waals surface area contributed by atoms with Crippen LogP contribution in [0.15, 0.2) is 18.2 Å². The van der Waals surface area contributed by atoms with Crippen molar-refractivity contribution in [2.45, 2.75) is 64.0 Å². The van der Waals surface area contributed by atoms with Crippen molar-refractivity contribution in [3.63, 3.8) is 0 Å². The lowest BCUT2D eigenvalue weighted by atomic mass is 9.96. The average molecular weight is 327 g/mol. The zero-order valence-corrected chi connectivity index (χ0v) is 13.8. The number of nitrogens with one attached hydrogen (secondary N) is 2. The van der Waals surface area contributed by atoms with Crippen LogP contribution in [0, 0.1) is 5.82 Å². The highest BCUT2D eigenvalue weighted by Crippen LogP contribution is 2.23. The highest BCUT2D eigenvalue weighted by molar-refractivity contribution is 6.33. The van der Waals surface area contributed by atoms with Crippen LogP contribution >= 0.6 is 11.6 Å². The summed E-state index contributed by atoms with van der Waals surface area (Å²) >= 11 is 5.93. The number of rotatable bonds is 4. The molecule has 1 atom stereocenters. The van der Waals surface area contributed by atoms with Crippen molar-refractivity contribution in [1.29, 1.82) is 0 Å². The lowest BCUT2D eigenvalue weighted by molar-refractivity contribution is -0.118. The molecule has 0 unspecified atom stereocenters. The van der Waals surface area contributed by atoms with Crippen LogP contribution in [-0.4, -0.2) is 18.0 Å². The van der Waals surface area contributed by atoms with Crippen LogP contribution in [-0.2, 0) is 4.79 Å². The third-order valence-corrected chi connectivity index (χ3v) is 4.49. The third kappa shape index (κ3) is 5.25. The smallest absolute Gasteiger partial charge is 0.241 e. The number of halogens is 2. The molecule has 1 aliphatic rings. The van der Waals surface area contributed by atoms with Crippen molar-refractivity contribution in [3.8, 4) is 0 Å². The Bertz CT molecular complexity index is 501. The predicted octanol–water partition coefficient (Wildman–Crippen LogP) is 4.51. The van der Waals surface area contributed by atoms with E-state index < -0.39 is 5.82 Å².